The number of esters is 1. The summed E-state index contributed by atoms with van der Waals surface area (Å²) in [6, 6.07) is 7.61. The van der Waals surface area contributed by atoms with E-state index in [9.17, 15) is 9.59 Å². The number of nitrogens with zero attached hydrogens (tertiary/aromatic N) is 4. The molecule has 4 rings (SSSR count). The molecule has 1 amide bonds. The predicted octanol–water partition coefficient (Wildman–Crippen LogP) is 0.987. The first kappa shape index (κ1) is 23.3. The molecule has 0 atom stereocenters. The van der Waals surface area contributed by atoms with Crippen LogP contribution in [-0.2, 0) is 32.0 Å². The number of nitrogen functional groups attached to an aromatic ring is 2. The lowest BCUT2D eigenvalue weighted by Crippen LogP contribution is -2.42. The SMILES string of the molecule is COc1cc(CCC(=O)OCC(=O)N2CCOCC2)ccc1Cn1ccc2nc(N)nc(N)c21. The number of morpholine rings is 1. The lowest BCUT2D eigenvalue weighted by atomic mass is 10.1. The highest BCUT2D eigenvalue weighted by molar-refractivity contribution is 5.86. The Hall–Kier alpha value is -3.86. The smallest absolute Gasteiger partial charge is 0.306 e. The molecule has 0 aliphatic carbocycles. The molecule has 0 radical (unpaired) electrons. The van der Waals surface area contributed by atoms with Gasteiger partial charge in [0.05, 0.1) is 32.4 Å². The minimum absolute atomic E-state index is 0.133. The molecule has 1 saturated heterocycles. The van der Waals surface area contributed by atoms with E-state index in [1.807, 2.05) is 35.0 Å². The fourth-order valence-corrected chi connectivity index (χ4v) is 3.91. The zero-order valence-corrected chi connectivity index (χ0v) is 19.0. The number of aromatic nitrogens is 3. The van der Waals surface area contributed by atoms with Gasteiger partial charge in [-0.25, -0.2) is 4.98 Å². The second-order valence-electron chi connectivity index (χ2n) is 7.94. The molecule has 34 heavy (non-hydrogen) atoms. The van der Waals surface area contributed by atoms with E-state index in [0.29, 0.717) is 61.9 Å². The Morgan fingerprint density at radius 2 is 1.94 bits per heavy atom. The van der Waals surface area contributed by atoms with Crippen molar-refractivity contribution < 1.29 is 23.8 Å². The van der Waals surface area contributed by atoms with Gasteiger partial charge in [0.25, 0.3) is 5.91 Å². The van der Waals surface area contributed by atoms with Crippen LogP contribution >= 0.6 is 0 Å². The number of carbonyl (C=O) groups is 2. The summed E-state index contributed by atoms with van der Waals surface area (Å²) >= 11 is 0. The zero-order chi connectivity index (χ0) is 24.1. The summed E-state index contributed by atoms with van der Waals surface area (Å²) in [7, 11) is 1.60. The molecule has 0 spiro atoms. The van der Waals surface area contributed by atoms with E-state index >= 15 is 0 Å². The first-order valence-electron chi connectivity index (χ1n) is 11.0. The molecule has 2 aromatic heterocycles. The quantitative estimate of drug-likeness (QED) is 0.462. The number of hydrogen-bond donors (Lipinski definition) is 2. The molecule has 0 bridgehead atoms. The molecule has 1 aliphatic heterocycles. The number of ether oxygens (including phenoxy) is 3. The van der Waals surface area contributed by atoms with Crippen LogP contribution in [0.15, 0.2) is 30.5 Å². The van der Waals surface area contributed by atoms with Crippen molar-refractivity contribution in [3.63, 3.8) is 0 Å². The number of fused-ring (bicyclic) bond motifs is 1. The van der Waals surface area contributed by atoms with Crippen LogP contribution in [0, 0.1) is 0 Å². The molecule has 1 aliphatic rings. The number of aryl methyl sites for hydroxylation is 1. The fourth-order valence-electron chi connectivity index (χ4n) is 3.91. The Balaban J connectivity index is 1.35. The maximum absolute atomic E-state index is 12.1. The predicted molar refractivity (Wildman–Crippen MR) is 125 cm³/mol. The van der Waals surface area contributed by atoms with Crippen LogP contribution in [0.2, 0.25) is 0 Å². The fraction of sp³-hybridized carbons (Fsp3) is 0.391. The van der Waals surface area contributed by atoms with Crippen molar-refractivity contribution in [3.05, 3.63) is 41.6 Å². The Morgan fingerprint density at radius 3 is 2.71 bits per heavy atom. The number of amides is 1. The molecule has 11 nitrogen and oxygen atoms in total. The zero-order valence-electron chi connectivity index (χ0n) is 19.0. The minimum atomic E-state index is -0.418. The highest BCUT2D eigenvalue weighted by Gasteiger charge is 2.18. The van der Waals surface area contributed by atoms with Crippen LogP contribution in [0.1, 0.15) is 17.5 Å². The number of carbonyl (C=O) groups excluding carboxylic acids is 2. The monoisotopic (exact) mass is 468 g/mol. The second-order valence-corrected chi connectivity index (χ2v) is 7.94. The van der Waals surface area contributed by atoms with Gasteiger partial charge in [-0.3, -0.25) is 9.59 Å². The third-order valence-corrected chi connectivity index (χ3v) is 5.69. The van der Waals surface area contributed by atoms with Crippen LogP contribution in [-0.4, -0.2) is 71.3 Å². The summed E-state index contributed by atoms with van der Waals surface area (Å²) in [6.07, 6.45) is 2.50. The lowest BCUT2D eigenvalue weighted by molar-refractivity contribution is -0.153. The summed E-state index contributed by atoms with van der Waals surface area (Å²) in [5, 5.41) is 0. The van der Waals surface area contributed by atoms with Crippen LogP contribution in [0.4, 0.5) is 11.8 Å². The van der Waals surface area contributed by atoms with Crippen LogP contribution in [0.25, 0.3) is 11.0 Å². The van der Waals surface area contributed by atoms with Crippen molar-refractivity contribution >= 4 is 34.7 Å². The third kappa shape index (κ3) is 5.37. The van der Waals surface area contributed by atoms with E-state index in [0.717, 1.165) is 11.1 Å². The van der Waals surface area contributed by atoms with Gasteiger partial charge in [0.15, 0.2) is 12.4 Å². The van der Waals surface area contributed by atoms with Gasteiger partial charge in [-0.1, -0.05) is 12.1 Å². The van der Waals surface area contributed by atoms with Gasteiger partial charge < -0.3 is 35.1 Å². The number of rotatable bonds is 8. The standard InChI is InChI=1S/C23H28N6O5/c1-32-18-12-15(3-5-20(31)34-14-19(30)28-8-10-33-11-9-28)2-4-16(18)13-29-7-6-17-21(29)22(24)27-23(25)26-17/h2,4,6-7,12H,3,5,8-11,13-14H2,1H3,(H4,24,25,26,27). The maximum Gasteiger partial charge on any atom is 0.306 e. The molecular formula is C23H28N6O5. The van der Waals surface area contributed by atoms with Crippen LogP contribution < -0.4 is 16.2 Å². The first-order chi connectivity index (χ1) is 16.4. The number of nitrogens with two attached hydrogens (primary N) is 2. The van der Waals surface area contributed by atoms with Crippen molar-refractivity contribution in [3.8, 4) is 5.75 Å². The normalized spacial score (nSPS) is 13.7. The van der Waals surface area contributed by atoms with Gasteiger partial charge in [-0.15, -0.1) is 0 Å². The number of anilines is 2. The summed E-state index contributed by atoms with van der Waals surface area (Å²) in [6.45, 7) is 2.31. The molecule has 3 heterocycles. The van der Waals surface area contributed by atoms with E-state index in [1.165, 1.54) is 0 Å². The van der Waals surface area contributed by atoms with E-state index < -0.39 is 5.97 Å². The number of hydrogen-bond acceptors (Lipinski definition) is 9. The van der Waals surface area contributed by atoms with Gasteiger partial charge in [-0.05, 0) is 24.1 Å². The molecule has 0 unspecified atom stereocenters. The first-order valence-corrected chi connectivity index (χ1v) is 11.0. The van der Waals surface area contributed by atoms with Crippen molar-refractivity contribution in [2.24, 2.45) is 0 Å². The lowest BCUT2D eigenvalue weighted by Gasteiger charge is -2.26. The number of methoxy groups -OCH3 is 1. The van der Waals surface area contributed by atoms with Gasteiger partial charge >= 0.3 is 5.97 Å². The minimum Gasteiger partial charge on any atom is -0.496 e. The molecule has 1 aromatic carbocycles. The highest BCUT2D eigenvalue weighted by atomic mass is 16.5. The molecule has 0 saturated carbocycles. The summed E-state index contributed by atoms with van der Waals surface area (Å²) in [5.41, 5.74) is 15.0. The highest BCUT2D eigenvalue weighted by Crippen LogP contribution is 2.26. The van der Waals surface area contributed by atoms with Gasteiger partial charge in [-0.2, -0.15) is 4.98 Å². The molecule has 180 valence electrons. The average Bonchev–Trinajstić information content (AvgIpc) is 3.24. The van der Waals surface area contributed by atoms with Crippen molar-refractivity contribution in [1.82, 2.24) is 19.4 Å². The average molecular weight is 469 g/mol. The Kier molecular flexibility index (Phi) is 7.12. The van der Waals surface area contributed by atoms with Gasteiger partial charge in [0.2, 0.25) is 5.95 Å². The maximum atomic E-state index is 12.1. The summed E-state index contributed by atoms with van der Waals surface area (Å²) in [5.74, 6) is 0.514. The Bertz CT molecular complexity index is 1190. The van der Waals surface area contributed by atoms with Gasteiger partial charge in [0.1, 0.15) is 11.3 Å². The molecule has 3 aromatic rings. The molecular weight excluding hydrogens is 440 g/mol. The van der Waals surface area contributed by atoms with Crippen molar-refractivity contribution in [2.45, 2.75) is 19.4 Å². The molecule has 11 heteroatoms. The van der Waals surface area contributed by atoms with E-state index in [2.05, 4.69) is 9.97 Å². The Labute approximate surface area is 196 Å². The third-order valence-electron chi connectivity index (χ3n) is 5.69. The van der Waals surface area contributed by atoms with Crippen molar-refractivity contribution in [1.29, 1.82) is 0 Å². The summed E-state index contributed by atoms with van der Waals surface area (Å²) in [4.78, 5) is 34.1. The number of benzene rings is 1. The second kappa shape index (κ2) is 10.4. The van der Waals surface area contributed by atoms with Crippen LogP contribution in [0.3, 0.4) is 0 Å². The topological polar surface area (TPSA) is 148 Å². The van der Waals surface area contributed by atoms with E-state index in [1.54, 1.807) is 12.0 Å². The summed E-state index contributed by atoms with van der Waals surface area (Å²) < 4.78 is 17.9. The van der Waals surface area contributed by atoms with E-state index in [4.69, 9.17) is 25.7 Å². The molecule has 4 N–H and O–H groups in total. The van der Waals surface area contributed by atoms with E-state index in [-0.39, 0.29) is 24.9 Å². The largest absolute Gasteiger partial charge is 0.496 e. The van der Waals surface area contributed by atoms with Gasteiger partial charge in [0, 0.05) is 31.3 Å². The van der Waals surface area contributed by atoms with Crippen molar-refractivity contribution in [2.75, 3.05) is 51.5 Å². The van der Waals surface area contributed by atoms with Crippen LogP contribution in [0.5, 0.6) is 5.75 Å². The Morgan fingerprint density at radius 1 is 1.15 bits per heavy atom. The molecule has 1 fully saturated rings.